The van der Waals surface area contributed by atoms with Crippen molar-refractivity contribution in [2.24, 2.45) is 0 Å². The molecular weight excluding hydrogens is 248 g/mol. The van der Waals surface area contributed by atoms with Gasteiger partial charge in [0.2, 0.25) is 0 Å². The first-order valence-corrected chi connectivity index (χ1v) is 7.61. The van der Waals surface area contributed by atoms with Gasteiger partial charge in [-0.05, 0) is 44.1 Å². The first kappa shape index (κ1) is 14.8. The van der Waals surface area contributed by atoms with Crippen LogP contribution in [0.15, 0.2) is 42.0 Å². The van der Waals surface area contributed by atoms with E-state index in [0.29, 0.717) is 5.57 Å². The Labute approximate surface area is 121 Å². The number of hydrogen-bond acceptors (Lipinski definition) is 2. The smallest absolute Gasteiger partial charge is 0.333 e. The van der Waals surface area contributed by atoms with E-state index in [1.165, 1.54) is 24.8 Å². The van der Waals surface area contributed by atoms with Crippen LogP contribution in [0.1, 0.15) is 57.4 Å². The van der Waals surface area contributed by atoms with Crippen LogP contribution in [-0.2, 0) is 9.53 Å². The molecule has 0 amide bonds. The third-order valence-electron chi connectivity index (χ3n) is 3.97. The number of carbonyl (C=O) groups is 1. The predicted molar refractivity (Wildman–Crippen MR) is 81.6 cm³/mol. The van der Waals surface area contributed by atoms with Gasteiger partial charge in [0.25, 0.3) is 0 Å². The fourth-order valence-corrected chi connectivity index (χ4v) is 2.72. The van der Waals surface area contributed by atoms with Gasteiger partial charge in [-0.25, -0.2) is 4.79 Å². The lowest BCUT2D eigenvalue weighted by Crippen LogP contribution is -2.21. The van der Waals surface area contributed by atoms with Gasteiger partial charge in [-0.15, -0.1) is 0 Å². The molecule has 0 spiro atoms. The van der Waals surface area contributed by atoms with Crippen molar-refractivity contribution in [3.63, 3.8) is 0 Å². The summed E-state index contributed by atoms with van der Waals surface area (Å²) in [7, 11) is 0. The van der Waals surface area contributed by atoms with Gasteiger partial charge in [-0.2, -0.15) is 0 Å². The van der Waals surface area contributed by atoms with E-state index in [1.54, 1.807) is 0 Å². The third kappa shape index (κ3) is 4.22. The summed E-state index contributed by atoms with van der Waals surface area (Å²) in [5.74, 6) is 0.0785. The summed E-state index contributed by atoms with van der Waals surface area (Å²) in [4.78, 5) is 12.1. The molecule has 2 rings (SSSR count). The van der Waals surface area contributed by atoms with Crippen molar-refractivity contribution in [1.82, 2.24) is 0 Å². The molecule has 1 aromatic rings. The highest BCUT2D eigenvalue weighted by atomic mass is 16.5. The maximum absolute atomic E-state index is 12.1. The lowest BCUT2D eigenvalue weighted by molar-refractivity contribution is -0.145. The highest BCUT2D eigenvalue weighted by Crippen LogP contribution is 2.22. The molecule has 1 saturated carbocycles. The first-order valence-electron chi connectivity index (χ1n) is 7.61. The van der Waals surface area contributed by atoms with E-state index in [-0.39, 0.29) is 18.0 Å². The second-order valence-electron chi connectivity index (χ2n) is 5.71. The SMILES string of the molecule is C/C(=C\C(C)c1ccccc1)C(=O)OC1CCCCC1. The Morgan fingerprint density at radius 3 is 2.50 bits per heavy atom. The van der Waals surface area contributed by atoms with Gasteiger partial charge in [0.05, 0.1) is 0 Å². The Balaban J connectivity index is 1.93. The summed E-state index contributed by atoms with van der Waals surface area (Å²) < 4.78 is 5.58. The molecule has 1 unspecified atom stereocenters. The van der Waals surface area contributed by atoms with E-state index < -0.39 is 0 Å². The van der Waals surface area contributed by atoms with Crippen LogP contribution < -0.4 is 0 Å². The van der Waals surface area contributed by atoms with Crippen molar-refractivity contribution in [2.75, 3.05) is 0 Å². The van der Waals surface area contributed by atoms with Crippen molar-refractivity contribution >= 4 is 5.97 Å². The van der Waals surface area contributed by atoms with Gasteiger partial charge in [0.1, 0.15) is 6.10 Å². The van der Waals surface area contributed by atoms with Crippen LogP contribution >= 0.6 is 0 Å². The molecule has 1 aliphatic carbocycles. The van der Waals surface area contributed by atoms with Crippen LogP contribution in [0, 0.1) is 0 Å². The molecular formula is C18H24O2. The minimum Gasteiger partial charge on any atom is -0.459 e. The molecule has 0 aliphatic heterocycles. The molecule has 1 fully saturated rings. The molecule has 20 heavy (non-hydrogen) atoms. The van der Waals surface area contributed by atoms with Gasteiger partial charge < -0.3 is 4.74 Å². The number of rotatable bonds is 4. The molecule has 1 aliphatic rings. The average Bonchev–Trinajstić information content (AvgIpc) is 2.49. The fraction of sp³-hybridized carbons (Fsp3) is 0.500. The van der Waals surface area contributed by atoms with Crippen LogP contribution in [0.2, 0.25) is 0 Å². The van der Waals surface area contributed by atoms with E-state index in [9.17, 15) is 4.79 Å². The van der Waals surface area contributed by atoms with E-state index in [0.717, 1.165) is 12.8 Å². The molecule has 0 radical (unpaired) electrons. The van der Waals surface area contributed by atoms with E-state index in [2.05, 4.69) is 19.1 Å². The quantitative estimate of drug-likeness (QED) is 0.591. The second kappa shape index (κ2) is 7.28. The van der Waals surface area contributed by atoms with Crippen molar-refractivity contribution in [3.05, 3.63) is 47.5 Å². The van der Waals surface area contributed by atoms with Crippen molar-refractivity contribution in [2.45, 2.75) is 58.0 Å². The molecule has 0 heterocycles. The number of benzene rings is 1. The Bertz CT molecular complexity index is 456. The highest BCUT2D eigenvalue weighted by Gasteiger charge is 2.18. The average molecular weight is 272 g/mol. The minimum atomic E-state index is -0.153. The Kier molecular flexibility index (Phi) is 5.40. The molecule has 0 aromatic heterocycles. The summed E-state index contributed by atoms with van der Waals surface area (Å²) in [5, 5.41) is 0. The number of carbonyl (C=O) groups excluding carboxylic acids is 1. The maximum atomic E-state index is 12.1. The second-order valence-corrected chi connectivity index (χ2v) is 5.71. The summed E-state index contributed by atoms with van der Waals surface area (Å²) in [6.07, 6.45) is 7.81. The van der Waals surface area contributed by atoms with Crippen LogP contribution in [-0.4, -0.2) is 12.1 Å². The molecule has 0 saturated heterocycles. The van der Waals surface area contributed by atoms with Gasteiger partial charge in [-0.3, -0.25) is 0 Å². The number of hydrogen-bond donors (Lipinski definition) is 0. The molecule has 1 atom stereocenters. The van der Waals surface area contributed by atoms with Gasteiger partial charge in [-0.1, -0.05) is 49.8 Å². The van der Waals surface area contributed by atoms with Gasteiger partial charge in [0, 0.05) is 5.57 Å². The van der Waals surface area contributed by atoms with Crippen molar-refractivity contribution in [1.29, 1.82) is 0 Å². The molecule has 108 valence electrons. The standard InChI is InChI=1S/C18H24O2/c1-14(16-9-5-3-6-10-16)13-15(2)18(19)20-17-11-7-4-8-12-17/h3,5-6,9-10,13-14,17H,4,7-8,11-12H2,1-2H3/b15-13+. The zero-order valence-corrected chi connectivity index (χ0v) is 12.5. The zero-order valence-electron chi connectivity index (χ0n) is 12.5. The first-order chi connectivity index (χ1) is 9.66. The largest absolute Gasteiger partial charge is 0.459 e. The fourth-order valence-electron chi connectivity index (χ4n) is 2.72. The Hall–Kier alpha value is -1.57. The third-order valence-corrected chi connectivity index (χ3v) is 3.97. The van der Waals surface area contributed by atoms with Crippen LogP contribution in [0.4, 0.5) is 0 Å². The highest BCUT2D eigenvalue weighted by molar-refractivity contribution is 5.88. The normalized spacial score (nSPS) is 18.6. The number of esters is 1. The molecule has 0 N–H and O–H groups in total. The number of ether oxygens (including phenoxy) is 1. The molecule has 2 nitrogen and oxygen atoms in total. The molecule has 0 bridgehead atoms. The summed E-state index contributed by atoms with van der Waals surface area (Å²) in [6, 6.07) is 10.2. The van der Waals surface area contributed by atoms with Crippen LogP contribution in [0.5, 0.6) is 0 Å². The van der Waals surface area contributed by atoms with E-state index in [1.807, 2.05) is 31.2 Å². The van der Waals surface area contributed by atoms with Gasteiger partial charge in [0.15, 0.2) is 0 Å². The zero-order chi connectivity index (χ0) is 14.4. The lowest BCUT2D eigenvalue weighted by atomic mass is 9.97. The lowest BCUT2D eigenvalue weighted by Gasteiger charge is -2.22. The predicted octanol–water partition coefficient (Wildman–Crippen LogP) is 4.61. The minimum absolute atomic E-state index is 0.131. The summed E-state index contributed by atoms with van der Waals surface area (Å²) >= 11 is 0. The van der Waals surface area contributed by atoms with Gasteiger partial charge >= 0.3 is 5.97 Å². The maximum Gasteiger partial charge on any atom is 0.333 e. The van der Waals surface area contributed by atoms with Crippen molar-refractivity contribution in [3.8, 4) is 0 Å². The Morgan fingerprint density at radius 2 is 1.85 bits per heavy atom. The topological polar surface area (TPSA) is 26.3 Å². The molecule has 1 aromatic carbocycles. The van der Waals surface area contributed by atoms with Crippen LogP contribution in [0.25, 0.3) is 0 Å². The monoisotopic (exact) mass is 272 g/mol. The van der Waals surface area contributed by atoms with E-state index >= 15 is 0 Å². The Morgan fingerprint density at radius 1 is 1.20 bits per heavy atom. The summed E-state index contributed by atoms with van der Waals surface area (Å²) in [5.41, 5.74) is 1.93. The van der Waals surface area contributed by atoms with E-state index in [4.69, 9.17) is 4.74 Å². The van der Waals surface area contributed by atoms with Crippen molar-refractivity contribution < 1.29 is 9.53 Å². The van der Waals surface area contributed by atoms with Crippen LogP contribution in [0.3, 0.4) is 0 Å². The summed E-state index contributed by atoms with van der Waals surface area (Å²) in [6.45, 7) is 3.96. The molecule has 2 heteroatoms. The number of allylic oxidation sites excluding steroid dienone is 1.